The van der Waals surface area contributed by atoms with Gasteiger partial charge in [0.15, 0.2) is 11.5 Å². The third-order valence-corrected chi connectivity index (χ3v) is 2.87. The van der Waals surface area contributed by atoms with E-state index in [0.717, 1.165) is 12.8 Å². The molecule has 0 bridgehead atoms. The topological polar surface area (TPSA) is 69.4 Å². The molecule has 104 valence electrons. The largest absolute Gasteiger partial charge is 0.487 e. The van der Waals surface area contributed by atoms with Crippen LogP contribution in [0.5, 0.6) is 5.75 Å². The summed E-state index contributed by atoms with van der Waals surface area (Å²) in [5.74, 6) is 0.365. The van der Waals surface area contributed by atoms with Crippen molar-refractivity contribution in [3.63, 3.8) is 0 Å². The standard InChI is InChI=1S/C14H19NO4/c1-4-5-10(2)9-19-14-7-6-12(11(3)16)8-13(14)15(17)18/h6-8,10H,4-5,9H2,1-3H3. The number of hydrogen-bond acceptors (Lipinski definition) is 4. The first kappa shape index (κ1) is 15.1. The summed E-state index contributed by atoms with van der Waals surface area (Å²) in [7, 11) is 0. The van der Waals surface area contributed by atoms with Gasteiger partial charge in [0.1, 0.15) is 0 Å². The van der Waals surface area contributed by atoms with Crippen LogP contribution in [-0.4, -0.2) is 17.3 Å². The third-order valence-electron chi connectivity index (χ3n) is 2.87. The van der Waals surface area contributed by atoms with E-state index < -0.39 is 4.92 Å². The molecule has 0 saturated heterocycles. The predicted molar refractivity (Wildman–Crippen MR) is 72.7 cm³/mol. The number of rotatable bonds is 7. The lowest BCUT2D eigenvalue weighted by Crippen LogP contribution is -2.09. The van der Waals surface area contributed by atoms with Gasteiger partial charge in [0.05, 0.1) is 11.5 Å². The molecule has 1 aromatic carbocycles. The summed E-state index contributed by atoms with van der Waals surface area (Å²) in [4.78, 5) is 21.7. The Morgan fingerprint density at radius 3 is 2.68 bits per heavy atom. The van der Waals surface area contributed by atoms with Crippen LogP contribution in [0, 0.1) is 16.0 Å². The Balaban J connectivity index is 2.88. The highest BCUT2D eigenvalue weighted by atomic mass is 16.6. The van der Waals surface area contributed by atoms with Crippen LogP contribution in [-0.2, 0) is 0 Å². The zero-order chi connectivity index (χ0) is 14.4. The fourth-order valence-electron chi connectivity index (χ4n) is 1.81. The molecule has 0 fully saturated rings. The molecular formula is C14H19NO4. The first-order valence-corrected chi connectivity index (χ1v) is 6.37. The van der Waals surface area contributed by atoms with Gasteiger partial charge in [0, 0.05) is 11.6 Å². The van der Waals surface area contributed by atoms with E-state index >= 15 is 0 Å². The molecule has 0 heterocycles. The number of Topliss-reactive ketones (excluding diaryl/α,β-unsaturated/α-hetero) is 1. The lowest BCUT2D eigenvalue weighted by Gasteiger charge is -2.12. The number of ketones is 1. The number of nitro groups is 1. The van der Waals surface area contributed by atoms with Gasteiger partial charge < -0.3 is 4.74 Å². The Hall–Kier alpha value is -1.91. The van der Waals surface area contributed by atoms with Gasteiger partial charge in [0.25, 0.3) is 0 Å². The summed E-state index contributed by atoms with van der Waals surface area (Å²) in [6.07, 6.45) is 2.06. The number of nitrogens with zero attached hydrogens (tertiary/aromatic N) is 1. The van der Waals surface area contributed by atoms with Crippen molar-refractivity contribution in [2.24, 2.45) is 5.92 Å². The maximum Gasteiger partial charge on any atom is 0.311 e. The van der Waals surface area contributed by atoms with Crippen LogP contribution in [0.2, 0.25) is 0 Å². The van der Waals surface area contributed by atoms with Crippen molar-refractivity contribution in [1.29, 1.82) is 0 Å². The van der Waals surface area contributed by atoms with Gasteiger partial charge in [-0.05, 0) is 31.4 Å². The fraction of sp³-hybridized carbons (Fsp3) is 0.500. The van der Waals surface area contributed by atoms with E-state index in [0.29, 0.717) is 18.1 Å². The second kappa shape index (κ2) is 6.87. The quantitative estimate of drug-likeness (QED) is 0.429. The van der Waals surface area contributed by atoms with Gasteiger partial charge in [-0.2, -0.15) is 0 Å². The summed E-state index contributed by atoms with van der Waals surface area (Å²) in [5, 5.41) is 11.0. The van der Waals surface area contributed by atoms with Crippen molar-refractivity contribution in [1.82, 2.24) is 0 Å². The van der Waals surface area contributed by atoms with Crippen molar-refractivity contribution in [2.45, 2.75) is 33.6 Å². The highest BCUT2D eigenvalue weighted by Gasteiger charge is 2.18. The number of benzene rings is 1. The third kappa shape index (κ3) is 4.35. The average Bonchev–Trinajstić information content (AvgIpc) is 2.36. The van der Waals surface area contributed by atoms with E-state index in [-0.39, 0.29) is 17.2 Å². The Morgan fingerprint density at radius 2 is 2.16 bits per heavy atom. The summed E-state index contributed by atoms with van der Waals surface area (Å²) < 4.78 is 5.49. The minimum atomic E-state index is -0.522. The van der Waals surface area contributed by atoms with Crippen molar-refractivity contribution < 1.29 is 14.5 Å². The molecule has 0 radical (unpaired) electrons. The molecule has 0 aliphatic rings. The van der Waals surface area contributed by atoms with E-state index in [4.69, 9.17) is 4.74 Å². The Bertz CT molecular complexity index is 471. The molecule has 0 amide bonds. The Morgan fingerprint density at radius 1 is 1.47 bits per heavy atom. The molecule has 0 aromatic heterocycles. The number of hydrogen-bond donors (Lipinski definition) is 0. The summed E-state index contributed by atoms with van der Waals surface area (Å²) in [5.41, 5.74) is 0.164. The highest BCUT2D eigenvalue weighted by Crippen LogP contribution is 2.28. The lowest BCUT2D eigenvalue weighted by atomic mass is 10.1. The van der Waals surface area contributed by atoms with Crippen LogP contribution in [0.4, 0.5) is 5.69 Å². The van der Waals surface area contributed by atoms with E-state index in [1.165, 1.54) is 19.1 Å². The van der Waals surface area contributed by atoms with Gasteiger partial charge in [-0.25, -0.2) is 0 Å². The minimum absolute atomic E-state index is 0.156. The summed E-state index contributed by atoms with van der Waals surface area (Å²) in [6, 6.07) is 4.31. The predicted octanol–water partition coefficient (Wildman–Crippen LogP) is 3.61. The maximum absolute atomic E-state index is 11.2. The molecule has 5 heteroatoms. The van der Waals surface area contributed by atoms with E-state index in [1.54, 1.807) is 6.07 Å². The number of carbonyl (C=O) groups excluding carboxylic acids is 1. The molecule has 5 nitrogen and oxygen atoms in total. The minimum Gasteiger partial charge on any atom is -0.487 e. The van der Waals surface area contributed by atoms with Gasteiger partial charge in [-0.15, -0.1) is 0 Å². The summed E-state index contributed by atoms with van der Waals surface area (Å²) >= 11 is 0. The Labute approximate surface area is 112 Å². The van der Waals surface area contributed by atoms with Crippen molar-refractivity contribution >= 4 is 11.5 Å². The first-order chi connectivity index (χ1) is 8.95. The second-order valence-corrected chi connectivity index (χ2v) is 4.70. The zero-order valence-corrected chi connectivity index (χ0v) is 11.5. The van der Waals surface area contributed by atoms with Gasteiger partial charge in [-0.1, -0.05) is 20.3 Å². The molecule has 1 unspecified atom stereocenters. The first-order valence-electron chi connectivity index (χ1n) is 6.37. The molecule has 0 aliphatic carbocycles. The van der Waals surface area contributed by atoms with Crippen LogP contribution in [0.25, 0.3) is 0 Å². The average molecular weight is 265 g/mol. The van der Waals surface area contributed by atoms with E-state index in [2.05, 4.69) is 6.92 Å². The molecule has 0 spiro atoms. The monoisotopic (exact) mass is 265 g/mol. The highest BCUT2D eigenvalue weighted by molar-refractivity contribution is 5.95. The van der Waals surface area contributed by atoms with Crippen LogP contribution in [0.15, 0.2) is 18.2 Å². The molecule has 0 N–H and O–H groups in total. The van der Waals surface area contributed by atoms with Crippen LogP contribution >= 0.6 is 0 Å². The van der Waals surface area contributed by atoms with Crippen LogP contribution in [0.1, 0.15) is 44.0 Å². The van der Waals surface area contributed by atoms with E-state index in [1.807, 2.05) is 6.92 Å². The van der Waals surface area contributed by atoms with Gasteiger partial charge in [0.2, 0.25) is 0 Å². The Kier molecular flexibility index (Phi) is 5.48. The normalized spacial score (nSPS) is 11.9. The van der Waals surface area contributed by atoms with Crippen LogP contribution in [0.3, 0.4) is 0 Å². The lowest BCUT2D eigenvalue weighted by molar-refractivity contribution is -0.385. The maximum atomic E-state index is 11.2. The molecule has 0 saturated carbocycles. The summed E-state index contributed by atoms with van der Waals surface area (Å²) in [6.45, 7) is 5.94. The molecule has 1 aromatic rings. The number of carbonyl (C=O) groups is 1. The van der Waals surface area contributed by atoms with Crippen molar-refractivity contribution in [3.05, 3.63) is 33.9 Å². The van der Waals surface area contributed by atoms with Crippen molar-refractivity contribution in [2.75, 3.05) is 6.61 Å². The molecule has 19 heavy (non-hydrogen) atoms. The molecular weight excluding hydrogens is 246 g/mol. The fourth-order valence-corrected chi connectivity index (χ4v) is 1.81. The zero-order valence-electron chi connectivity index (χ0n) is 11.5. The second-order valence-electron chi connectivity index (χ2n) is 4.70. The van der Waals surface area contributed by atoms with E-state index in [9.17, 15) is 14.9 Å². The number of nitro benzene ring substituents is 1. The SMILES string of the molecule is CCCC(C)COc1ccc(C(C)=O)cc1[N+](=O)[O-]. The van der Waals surface area contributed by atoms with Gasteiger partial charge >= 0.3 is 5.69 Å². The smallest absolute Gasteiger partial charge is 0.311 e. The van der Waals surface area contributed by atoms with Crippen molar-refractivity contribution in [3.8, 4) is 5.75 Å². The number of ether oxygens (including phenoxy) is 1. The molecule has 0 aliphatic heterocycles. The van der Waals surface area contributed by atoms with Gasteiger partial charge in [-0.3, -0.25) is 14.9 Å². The molecule has 1 atom stereocenters. The van der Waals surface area contributed by atoms with Crippen LogP contribution < -0.4 is 4.74 Å². The molecule has 1 rings (SSSR count).